The lowest BCUT2D eigenvalue weighted by molar-refractivity contribution is 0.415. The predicted molar refractivity (Wildman–Crippen MR) is 90.8 cm³/mol. The van der Waals surface area contributed by atoms with E-state index >= 15 is 0 Å². The predicted octanol–water partition coefficient (Wildman–Crippen LogP) is 3.84. The number of methoxy groups -OCH3 is 1. The molecule has 0 unspecified atom stereocenters. The van der Waals surface area contributed by atoms with Gasteiger partial charge in [0.15, 0.2) is 5.82 Å². The topological polar surface area (TPSA) is 52.3 Å². The van der Waals surface area contributed by atoms with E-state index in [0.29, 0.717) is 0 Å². The van der Waals surface area contributed by atoms with E-state index < -0.39 is 0 Å². The third-order valence-corrected chi connectivity index (χ3v) is 4.59. The molecule has 2 aromatic carbocycles. The molecule has 2 heterocycles. The van der Waals surface area contributed by atoms with Crippen molar-refractivity contribution in [1.82, 2.24) is 19.8 Å². The third kappa shape index (κ3) is 2.47. The van der Waals surface area contributed by atoms with Crippen LogP contribution in [0.3, 0.4) is 0 Å². The molecule has 2 aromatic heterocycles. The lowest BCUT2D eigenvalue weighted by Crippen LogP contribution is -1.91. The number of nitrogens with zero attached hydrogens (tertiary/aromatic N) is 4. The first-order chi connectivity index (χ1) is 11.2. The monoisotopic (exact) mass is 322 g/mol. The van der Waals surface area contributed by atoms with E-state index in [4.69, 9.17) is 4.74 Å². The van der Waals surface area contributed by atoms with Crippen LogP contribution in [0.4, 0.5) is 0 Å². The van der Waals surface area contributed by atoms with E-state index in [-0.39, 0.29) is 0 Å². The van der Waals surface area contributed by atoms with Gasteiger partial charge in [-0.1, -0.05) is 41.2 Å². The first kappa shape index (κ1) is 13.9. The number of rotatable bonds is 3. The number of benzene rings is 2. The van der Waals surface area contributed by atoms with Gasteiger partial charge in [-0.15, -0.1) is 10.2 Å². The van der Waals surface area contributed by atoms with Crippen LogP contribution in [-0.4, -0.2) is 26.9 Å². The molecule has 23 heavy (non-hydrogen) atoms. The zero-order valence-electron chi connectivity index (χ0n) is 12.7. The molecule has 0 aliphatic carbocycles. The van der Waals surface area contributed by atoms with E-state index in [1.165, 1.54) is 16.9 Å². The maximum absolute atomic E-state index is 5.19. The Kier molecular flexibility index (Phi) is 3.31. The molecule has 0 N–H and O–H groups in total. The Bertz CT molecular complexity index is 955. The van der Waals surface area contributed by atoms with Crippen molar-refractivity contribution in [1.29, 1.82) is 0 Å². The molecule has 5 nitrogen and oxygen atoms in total. The fraction of sp³-hybridized carbons (Fsp3) is 0.118. The van der Waals surface area contributed by atoms with Crippen LogP contribution >= 0.6 is 11.3 Å². The van der Waals surface area contributed by atoms with Crippen LogP contribution in [-0.2, 0) is 0 Å². The fourth-order valence-corrected chi connectivity index (χ4v) is 3.19. The lowest BCUT2D eigenvalue weighted by Gasteiger charge is -2.00. The first-order valence-corrected chi connectivity index (χ1v) is 8.00. The minimum Gasteiger partial charge on any atom is -0.497 e. The van der Waals surface area contributed by atoms with Crippen molar-refractivity contribution in [2.45, 2.75) is 6.92 Å². The van der Waals surface area contributed by atoms with E-state index in [1.54, 1.807) is 11.6 Å². The van der Waals surface area contributed by atoms with Crippen LogP contribution in [0.25, 0.3) is 26.9 Å². The highest BCUT2D eigenvalue weighted by Crippen LogP contribution is 2.29. The molecule has 0 fully saturated rings. The number of aryl methyl sites for hydroxylation is 1. The Balaban J connectivity index is 1.77. The van der Waals surface area contributed by atoms with Gasteiger partial charge in [0.1, 0.15) is 10.8 Å². The average Bonchev–Trinajstić information content (AvgIpc) is 3.16. The van der Waals surface area contributed by atoms with Crippen LogP contribution < -0.4 is 4.74 Å². The molecule has 6 heteroatoms. The van der Waals surface area contributed by atoms with Crippen LogP contribution in [0.5, 0.6) is 5.75 Å². The largest absolute Gasteiger partial charge is 0.497 e. The molecule has 0 radical (unpaired) electrons. The molecule has 114 valence electrons. The van der Waals surface area contributed by atoms with Crippen molar-refractivity contribution < 1.29 is 4.74 Å². The number of hydrogen-bond acceptors (Lipinski definition) is 5. The van der Waals surface area contributed by atoms with E-state index in [1.807, 2.05) is 36.4 Å². The van der Waals surface area contributed by atoms with Crippen molar-refractivity contribution in [2.75, 3.05) is 7.11 Å². The molecular weight excluding hydrogens is 308 g/mol. The summed E-state index contributed by atoms with van der Waals surface area (Å²) in [6.45, 7) is 2.06. The summed E-state index contributed by atoms with van der Waals surface area (Å²) in [7, 11) is 1.66. The molecule has 0 spiro atoms. The number of ether oxygens (including phenoxy) is 1. The molecule has 0 aliphatic rings. The Morgan fingerprint density at radius 3 is 2.30 bits per heavy atom. The average molecular weight is 322 g/mol. The Labute approximate surface area is 137 Å². The van der Waals surface area contributed by atoms with Gasteiger partial charge in [0.05, 0.1) is 7.11 Å². The molecular formula is C17H14N4OS. The van der Waals surface area contributed by atoms with Crippen LogP contribution in [0.1, 0.15) is 5.56 Å². The minimum absolute atomic E-state index is 0.760. The quantitative estimate of drug-likeness (QED) is 0.575. The highest BCUT2D eigenvalue weighted by molar-refractivity contribution is 7.19. The van der Waals surface area contributed by atoms with E-state index in [2.05, 4.69) is 34.4 Å². The molecule has 0 saturated heterocycles. The van der Waals surface area contributed by atoms with Crippen molar-refractivity contribution >= 4 is 16.3 Å². The summed E-state index contributed by atoms with van der Waals surface area (Å²) in [4.78, 5) is 0.784. The number of fused-ring (bicyclic) bond motifs is 1. The van der Waals surface area contributed by atoms with Crippen molar-refractivity contribution in [3.8, 4) is 27.7 Å². The summed E-state index contributed by atoms with van der Waals surface area (Å²) >= 11 is 1.52. The van der Waals surface area contributed by atoms with Crippen molar-refractivity contribution in [3.63, 3.8) is 0 Å². The summed E-state index contributed by atoms with van der Waals surface area (Å²) in [5, 5.41) is 14.1. The molecule has 0 atom stereocenters. The third-order valence-electron chi connectivity index (χ3n) is 3.64. The van der Waals surface area contributed by atoms with E-state index in [9.17, 15) is 0 Å². The maximum Gasteiger partial charge on any atom is 0.235 e. The molecule has 4 aromatic rings. The van der Waals surface area contributed by atoms with Gasteiger partial charge in [-0.25, -0.2) is 0 Å². The first-order valence-electron chi connectivity index (χ1n) is 7.18. The Morgan fingerprint density at radius 2 is 1.61 bits per heavy atom. The fourth-order valence-electron chi connectivity index (χ4n) is 2.35. The highest BCUT2D eigenvalue weighted by atomic mass is 32.1. The second-order valence-corrected chi connectivity index (χ2v) is 6.18. The summed E-state index contributed by atoms with van der Waals surface area (Å²) in [5.74, 6) is 1.59. The zero-order chi connectivity index (χ0) is 15.8. The summed E-state index contributed by atoms with van der Waals surface area (Å²) in [5.41, 5.74) is 3.26. The summed E-state index contributed by atoms with van der Waals surface area (Å²) in [6, 6.07) is 16.1. The van der Waals surface area contributed by atoms with Gasteiger partial charge in [-0.05, 0) is 31.2 Å². The Morgan fingerprint density at radius 1 is 0.913 bits per heavy atom. The van der Waals surface area contributed by atoms with Gasteiger partial charge in [-0.3, -0.25) is 0 Å². The van der Waals surface area contributed by atoms with Crippen molar-refractivity contribution in [3.05, 3.63) is 54.1 Å². The second kappa shape index (κ2) is 5.48. The maximum atomic E-state index is 5.19. The molecule has 4 rings (SSSR count). The van der Waals surface area contributed by atoms with Crippen molar-refractivity contribution in [2.24, 2.45) is 0 Å². The minimum atomic E-state index is 0.760. The van der Waals surface area contributed by atoms with E-state index in [0.717, 1.165) is 32.7 Å². The Hall–Kier alpha value is -2.73. The SMILES string of the molecule is COc1ccc(-c2nn3c(-c4ccc(C)cc4)nnc3s2)cc1. The highest BCUT2D eigenvalue weighted by Gasteiger charge is 2.14. The van der Waals surface area contributed by atoms with Crippen LogP contribution in [0.2, 0.25) is 0 Å². The van der Waals surface area contributed by atoms with Gasteiger partial charge >= 0.3 is 0 Å². The standard InChI is InChI=1S/C17H14N4OS/c1-11-3-5-12(6-4-11)15-18-19-17-21(15)20-16(23-17)13-7-9-14(22-2)10-8-13/h3-10H,1-2H3. The summed E-state index contributed by atoms with van der Waals surface area (Å²) in [6.07, 6.45) is 0. The number of hydrogen-bond donors (Lipinski definition) is 0. The second-order valence-electron chi connectivity index (χ2n) is 5.22. The normalized spacial score (nSPS) is 11.0. The summed E-state index contributed by atoms with van der Waals surface area (Å²) < 4.78 is 6.99. The lowest BCUT2D eigenvalue weighted by atomic mass is 10.1. The smallest absolute Gasteiger partial charge is 0.235 e. The van der Waals surface area contributed by atoms with Gasteiger partial charge in [0, 0.05) is 11.1 Å². The van der Waals surface area contributed by atoms with Gasteiger partial charge < -0.3 is 4.74 Å². The van der Waals surface area contributed by atoms with Gasteiger partial charge in [0.2, 0.25) is 4.96 Å². The van der Waals surface area contributed by atoms with Gasteiger partial charge in [-0.2, -0.15) is 9.61 Å². The molecule has 0 aliphatic heterocycles. The van der Waals surface area contributed by atoms with Gasteiger partial charge in [0.25, 0.3) is 0 Å². The molecule has 0 amide bonds. The molecule has 0 bridgehead atoms. The zero-order valence-corrected chi connectivity index (χ0v) is 13.5. The van der Waals surface area contributed by atoms with Crippen LogP contribution in [0, 0.1) is 6.92 Å². The number of aromatic nitrogens is 4. The molecule has 0 saturated carbocycles. The van der Waals surface area contributed by atoms with Crippen LogP contribution in [0.15, 0.2) is 48.5 Å².